The largest absolute Gasteiger partial charge is 0.457 e. The summed E-state index contributed by atoms with van der Waals surface area (Å²) in [7, 11) is 0. The van der Waals surface area contributed by atoms with Gasteiger partial charge in [0, 0.05) is 64.3 Å². The van der Waals surface area contributed by atoms with E-state index in [1.807, 2.05) is 42.7 Å². The minimum atomic E-state index is -4.34. The second kappa shape index (κ2) is 20.6. The monoisotopic (exact) mass is 1040 g/mol. The number of anilines is 2. The smallest absolute Gasteiger partial charge is 0.390 e. The lowest BCUT2D eigenvalue weighted by Crippen LogP contribution is -2.26. The van der Waals surface area contributed by atoms with E-state index in [-0.39, 0.29) is 48.5 Å². The molecule has 0 atom stereocenters. The molecule has 0 spiro atoms. The maximum atomic E-state index is 12.8. The molecule has 70 heavy (non-hydrogen) atoms. The van der Waals surface area contributed by atoms with Gasteiger partial charge >= 0.3 is 19.0 Å². The van der Waals surface area contributed by atoms with Crippen molar-refractivity contribution >= 4 is 61.2 Å². The molecule has 368 valence electrons. The number of aromatic nitrogens is 4. The number of benzene rings is 5. The van der Waals surface area contributed by atoms with Gasteiger partial charge in [-0.05, 0) is 123 Å². The zero-order valence-electron chi connectivity index (χ0n) is 37.5. The second-order valence-electron chi connectivity index (χ2n) is 16.9. The van der Waals surface area contributed by atoms with Crippen LogP contribution in [0.3, 0.4) is 0 Å². The van der Waals surface area contributed by atoms with E-state index in [1.165, 1.54) is 30.3 Å². The summed E-state index contributed by atoms with van der Waals surface area (Å²) in [6, 6.07) is 23.6. The number of nitrogens with zero attached hydrogens (tertiary/aromatic N) is 4. The van der Waals surface area contributed by atoms with Gasteiger partial charge in [0.25, 0.3) is 11.8 Å². The zero-order chi connectivity index (χ0) is 49.9. The fourth-order valence-electron chi connectivity index (χ4n) is 7.50. The van der Waals surface area contributed by atoms with Crippen molar-refractivity contribution < 1.29 is 54.2 Å². The molecule has 2 saturated carbocycles. The molecule has 5 aromatic carbocycles. The molecule has 0 unspecified atom stereocenters. The molecular formula is C49H45BrF8N8O4. The molecule has 7 aromatic rings. The van der Waals surface area contributed by atoms with E-state index in [0.29, 0.717) is 50.5 Å². The Morgan fingerprint density at radius 3 is 1.54 bits per heavy atom. The number of ether oxygens (including phenoxy) is 2. The van der Waals surface area contributed by atoms with Gasteiger partial charge in [-0.1, -0.05) is 15.9 Å². The first-order valence-electron chi connectivity index (χ1n) is 22.1. The van der Waals surface area contributed by atoms with E-state index in [9.17, 15) is 44.7 Å². The molecule has 2 amide bonds. The Hall–Kier alpha value is -6.90. The van der Waals surface area contributed by atoms with Crippen LogP contribution >= 0.6 is 15.9 Å². The lowest BCUT2D eigenvalue weighted by Gasteiger charge is -2.14. The fraction of sp³-hybridized carbons (Fsp3) is 0.306. The first kappa shape index (κ1) is 49.5. The van der Waals surface area contributed by atoms with Crippen LogP contribution in [0.25, 0.3) is 33.4 Å². The van der Waals surface area contributed by atoms with E-state index >= 15 is 0 Å². The molecule has 2 aromatic heterocycles. The van der Waals surface area contributed by atoms with E-state index in [2.05, 4.69) is 51.9 Å². The van der Waals surface area contributed by atoms with Crippen LogP contribution in [0.2, 0.25) is 0 Å². The minimum absolute atomic E-state index is 0.0463. The van der Waals surface area contributed by atoms with Crippen LogP contribution in [0, 0.1) is 13.8 Å². The highest BCUT2D eigenvalue weighted by Crippen LogP contribution is 2.35. The molecular weight excluding hydrogens is 996 g/mol. The number of halogens is 9. The van der Waals surface area contributed by atoms with Gasteiger partial charge in [-0.3, -0.25) is 18.7 Å². The van der Waals surface area contributed by atoms with Crippen molar-refractivity contribution in [3.63, 3.8) is 0 Å². The summed E-state index contributed by atoms with van der Waals surface area (Å²) in [5.74, 6) is 0.323. The van der Waals surface area contributed by atoms with Crippen molar-refractivity contribution in [2.45, 2.75) is 83.4 Å². The number of amides is 2. The molecule has 0 aliphatic heterocycles. The molecule has 0 bridgehead atoms. The summed E-state index contributed by atoms with van der Waals surface area (Å²) in [6.07, 6.45) is -3.36. The number of rotatable bonds is 16. The molecule has 9 rings (SSSR count). The normalized spacial score (nSPS) is 13.8. The van der Waals surface area contributed by atoms with Crippen LogP contribution in [-0.4, -0.2) is 75.1 Å². The van der Waals surface area contributed by atoms with Gasteiger partial charge in [-0.25, -0.2) is 9.97 Å². The Morgan fingerprint density at radius 2 is 1.10 bits per heavy atom. The molecule has 2 fully saturated rings. The Kier molecular flexibility index (Phi) is 14.6. The Labute approximate surface area is 403 Å². The lowest BCUT2D eigenvalue weighted by atomic mass is 10.1. The molecule has 0 radical (unpaired) electrons. The van der Waals surface area contributed by atoms with Crippen LogP contribution in [0.15, 0.2) is 102 Å². The summed E-state index contributed by atoms with van der Waals surface area (Å²) in [5.41, 5.74) is 7.41. The van der Waals surface area contributed by atoms with Crippen LogP contribution in [-0.2, 0) is 0 Å². The Morgan fingerprint density at radius 1 is 0.643 bits per heavy atom. The van der Waals surface area contributed by atoms with Gasteiger partial charge in [0.2, 0.25) is 0 Å². The van der Waals surface area contributed by atoms with Crippen molar-refractivity contribution in [2.75, 3.05) is 23.7 Å². The van der Waals surface area contributed by atoms with Gasteiger partial charge in [0.05, 0.1) is 35.2 Å². The summed E-state index contributed by atoms with van der Waals surface area (Å²) < 4.78 is 115. The molecule has 21 heteroatoms. The average Bonchev–Trinajstić information content (AvgIpc) is 4.20. The number of fused-ring (bicyclic) bond motifs is 2. The summed E-state index contributed by atoms with van der Waals surface area (Å²) in [5, 5.41) is 11.6. The third-order valence-electron chi connectivity index (χ3n) is 11.3. The van der Waals surface area contributed by atoms with Gasteiger partial charge < -0.3 is 30.7 Å². The number of imidazole rings is 2. The standard InChI is InChI=1S/C28H25F5N4O3.C21H20BrF3N4O/c1-16-12-18(4-9-22(16)26(38)36-17-2-3-17)37-15-35-25-23(34-11-10-28(31,32)33)13-21(14-24(25)37)39-19-5-7-20(8-6-19)40-27(29)30;1-12-8-15(4-5-16(12)20(30)28-14-2-3-14)29-11-27-19-17(9-13(22)10-18(19)29)26-7-6-21(23,24)25/h4-9,12-15,17,27,34H,2-3,10-11H2,1H3,(H,36,38);4-5,8-11,14,26H,2-3,6-7H2,1H3,(H,28,30). The van der Waals surface area contributed by atoms with Crippen LogP contribution in [0.5, 0.6) is 17.2 Å². The maximum absolute atomic E-state index is 12.8. The second-order valence-corrected chi connectivity index (χ2v) is 17.8. The fourth-order valence-corrected chi connectivity index (χ4v) is 7.95. The van der Waals surface area contributed by atoms with Crippen molar-refractivity contribution in [1.29, 1.82) is 0 Å². The van der Waals surface area contributed by atoms with Crippen molar-refractivity contribution in [2.24, 2.45) is 0 Å². The van der Waals surface area contributed by atoms with Gasteiger partial charge in [-0.2, -0.15) is 35.1 Å². The van der Waals surface area contributed by atoms with Gasteiger partial charge in [0.15, 0.2) is 0 Å². The lowest BCUT2D eigenvalue weighted by molar-refractivity contribution is -0.132. The third kappa shape index (κ3) is 12.8. The quantitative estimate of drug-likeness (QED) is 0.0703. The molecule has 12 nitrogen and oxygen atoms in total. The number of hydrogen-bond donors (Lipinski definition) is 4. The number of carbonyl (C=O) groups is 2. The van der Waals surface area contributed by atoms with Crippen LogP contribution in [0.4, 0.5) is 46.5 Å². The van der Waals surface area contributed by atoms with Crippen LogP contribution < -0.4 is 30.7 Å². The van der Waals surface area contributed by atoms with Crippen molar-refractivity contribution in [1.82, 2.24) is 29.7 Å². The molecule has 2 aliphatic carbocycles. The van der Waals surface area contributed by atoms with Gasteiger partial charge in [-0.15, -0.1) is 0 Å². The number of alkyl halides is 8. The molecule has 2 heterocycles. The number of carbonyl (C=O) groups excluding carboxylic acids is 2. The van der Waals surface area contributed by atoms with E-state index in [1.54, 1.807) is 47.6 Å². The first-order valence-corrected chi connectivity index (χ1v) is 22.9. The Balaban J connectivity index is 0.000000196. The van der Waals surface area contributed by atoms with Crippen molar-refractivity contribution in [3.8, 4) is 28.6 Å². The predicted octanol–water partition coefficient (Wildman–Crippen LogP) is 12.3. The SMILES string of the molecule is Cc1cc(-n2cnc3c(NCCC(F)(F)F)cc(Br)cc32)ccc1C(=O)NC1CC1.Cc1cc(-n2cnc3c(NCCC(F)(F)F)cc(Oc4ccc(OC(F)F)cc4)cc32)ccc1C(=O)NC1CC1. The van der Waals surface area contributed by atoms with E-state index < -0.39 is 31.8 Å². The predicted molar refractivity (Wildman–Crippen MR) is 252 cm³/mol. The number of aryl methyl sites for hydroxylation is 2. The van der Waals surface area contributed by atoms with Crippen molar-refractivity contribution in [3.05, 3.63) is 124 Å². The molecule has 2 aliphatic rings. The summed E-state index contributed by atoms with van der Waals surface area (Å²) >= 11 is 3.42. The highest BCUT2D eigenvalue weighted by atomic mass is 79.9. The number of nitrogens with one attached hydrogen (secondary N) is 4. The first-order chi connectivity index (χ1) is 33.3. The topological polar surface area (TPSA) is 136 Å². The summed E-state index contributed by atoms with van der Waals surface area (Å²) in [4.78, 5) is 33.7. The maximum Gasteiger partial charge on any atom is 0.390 e. The highest BCUT2D eigenvalue weighted by molar-refractivity contribution is 9.10. The van der Waals surface area contributed by atoms with E-state index in [4.69, 9.17) is 4.74 Å². The third-order valence-corrected chi connectivity index (χ3v) is 11.7. The molecule has 4 N–H and O–H groups in total. The van der Waals surface area contributed by atoms with Crippen LogP contribution in [0.1, 0.15) is 70.4 Å². The van der Waals surface area contributed by atoms with E-state index in [0.717, 1.165) is 52.5 Å². The van der Waals surface area contributed by atoms with Gasteiger partial charge in [0.1, 0.15) is 40.9 Å². The summed E-state index contributed by atoms with van der Waals surface area (Å²) in [6.45, 7) is 0.129. The minimum Gasteiger partial charge on any atom is -0.457 e. The highest BCUT2D eigenvalue weighted by Gasteiger charge is 2.29. The molecule has 0 saturated heterocycles. The Bertz CT molecular complexity index is 3020. The average molecular weight is 1040 g/mol. The zero-order valence-corrected chi connectivity index (χ0v) is 39.0. The number of hydrogen-bond acceptors (Lipinski definition) is 8.